The van der Waals surface area contributed by atoms with E-state index in [9.17, 15) is 4.79 Å². The summed E-state index contributed by atoms with van der Waals surface area (Å²) in [5.74, 6) is -0.277. The van der Waals surface area contributed by atoms with Gasteiger partial charge in [-0.2, -0.15) is 0 Å². The number of carbonyl (C=O) groups is 1. The fraction of sp³-hybridized carbons (Fsp3) is 0.458. The van der Waals surface area contributed by atoms with Crippen molar-refractivity contribution in [3.63, 3.8) is 0 Å². The molecule has 0 radical (unpaired) electrons. The fourth-order valence-corrected chi connectivity index (χ4v) is 3.82. The summed E-state index contributed by atoms with van der Waals surface area (Å²) < 4.78 is 5.03. The number of anilines is 2. The lowest BCUT2D eigenvalue weighted by molar-refractivity contribution is 0.0526. The van der Waals surface area contributed by atoms with E-state index in [4.69, 9.17) is 4.74 Å². The summed E-state index contributed by atoms with van der Waals surface area (Å²) in [6, 6.07) is 14.8. The molecular weight excluding hydrogens is 348 g/mol. The van der Waals surface area contributed by atoms with Gasteiger partial charge in [-0.3, -0.25) is 0 Å². The van der Waals surface area contributed by atoms with Crippen molar-refractivity contribution in [2.45, 2.75) is 59.0 Å². The van der Waals surface area contributed by atoms with Crippen LogP contribution in [0.2, 0.25) is 0 Å². The molecule has 3 rings (SSSR count). The Hall–Kier alpha value is -2.49. The highest BCUT2D eigenvalue weighted by Crippen LogP contribution is 2.40. The van der Waals surface area contributed by atoms with E-state index in [-0.39, 0.29) is 11.4 Å². The number of esters is 1. The molecular formula is C24H32N2O2. The van der Waals surface area contributed by atoms with Crippen molar-refractivity contribution in [1.29, 1.82) is 0 Å². The summed E-state index contributed by atoms with van der Waals surface area (Å²) in [6.45, 7) is 13.3. The van der Waals surface area contributed by atoms with E-state index >= 15 is 0 Å². The van der Waals surface area contributed by atoms with Crippen LogP contribution < -0.4 is 10.2 Å². The minimum atomic E-state index is -0.277. The summed E-state index contributed by atoms with van der Waals surface area (Å²) in [6.07, 6.45) is 1.17. The van der Waals surface area contributed by atoms with Crippen LogP contribution in [0.5, 0.6) is 0 Å². The Morgan fingerprint density at radius 3 is 2.54 bits per heavy atom. The van der Waals surface area contributed by atoms with Gasteiger partial charge in [-0.25, -0.2) is 4.79 Å². The maximum absolute atomic E-state index is 11.8. The minimum absolute atomic E-state index is 0.192. The van der Waals surface area contributed by atoms with E-state index in [2.05, 4.69) is 56.1 Å². The predicted octanol–water partition coefficient (Wildman–Crippen LogP) is 5.37. The van der Waals surface area contributed by atoms with E-state index in [0.29, 0.717) is 18.2 Å². The van der Waals surface area contributed by atoms with Crippen LogP contribution in [0.25, 0.3) is 0 Å². The lowest BCUT2D eigenvalue weighted by atomic mass is 9.76. The van der Waals surface area contributed by atoms with Gasteiger partial charge in [0.15, 0.2) is 0 Å². The number of benzene rings is 2. The molecule has 0 saturated heterocycles. The molecule has 1 N–H and O–H groups in total. The standard InChI is InChI=1S/C24H32N2O2/c1-6-28-23(27)19-8-10-20(11-9-19)25-16-18-7-12-22-21(15-18)24(4,5)13-14-26(22)17(2)3/h7-12,15,17,25H,6,13-14,16H2,1-5H3. The molecule has 1 heterocycles. The van der Waals surface area contributed by atoms with Gasteiger partial charge in [-0.1, -0.05) is 26.0 Å². The van der Waals surface area contributed by atoms with Crippen LogP contribution in [0.1, 0.15) is 62.5 Å². The number of fused-ring (bicyclic) bond motifs is 1. The number of nitrogens with zero attached hydrogens (tertiary/aromatic N) is 1. The molecule has 0 spiro atoms. The molecule has 0 atom stereocenters. The number of hydrogen-bond donors (Lipinski definition) is 1. The van der Waals surface area contributed by atoms with Crippen LogP contribution in [-0.2, 0) is 16.7 Å². The quantitative estimate of drug-likeness (QED) is 0.684. The van der Waals surface area contributed by atoms with Crippen molar-refractivity contribution in [3.05, 3.63) is 59.2 Å². The topological polar surface area (TPSA) is 41.6 Å². The second-order valence-electron chi connectivity index (χ2n) is 8.42. The Balaban J connectivity index is 1.73. The van der Waals surface area contributed by atoms with Gasteiger partial charge in [-0.05, 0) is 74.1 Å². The van der Waals surface area contributed by atoms with Crippen LogP contribution in [0.3, 0.4) is 0 Å². The van der Waals surface area contributed by atoms with Crippen LogP contribution >= 0.6 is 0 Å². The molecule has 0 bridgehead atoms. The van der Waals surface area contributed by atoms with Crippen molar-refractivity contribution >= 4 is 17.3 Å². The second kappa shape index (κ2) is 8.26. The van der Waals surface area contributed by atoms with Gasteiger partial charge in [0.2, 0.25) is 0 Å². The Morgan fingerprint density at radius 2 is 1.89 bits per heavy atom. The number of nitrogens with one attached hydrogen (secondary N) is 1. The van der Waals surface area contributed by atoms with Crippen molar-refractivity contribution in [1.82, 2.24) is 0 Å². The van der Waals surface area contributed by atoms with E-state index < -0.39 is 0 Å². The molecule has 4 heteroatoms. The van der Waals surface area contributed by atoms with E-state index in [0.717, 1.165) is 18.8 Å². The van der Waals surface area contributed by atoms with Gasteiger partial charge >= 0.3 is 5.97 Å². The summed E-state index contributed by atoms with van der Waals surface area (Å²) in [5, 5.41) is 3.46. The first-order chi connectivity index (χ1) is 13.3. The van der Waals surface area contributed by atoms with Crippen LogP contribution in [0.15, 0.2) is 42.5 Å². The number of hydrogen-bond acceptors (Lipinski definition) is 4. The van der Waals surface area contributed by atoms with Gasteiger partial charge in [0, 0.05) is 30.5 Å². The van der Waals surface area contributed by atoms with Crippen LogP contribution in [0.4, 0.5) is 11.4 Å². The summed E-state index contributed by atoms with van der Waals surface area (Å²) in [7, 11) is 0. The maximum atomic E-state index is 11.8. The van der Waals surface area contributed by atoms with E-state index in [1.807, 2.05) is 19.1 Å². The third-order valence-corrected chi connectivity index (χ3v) is 5.59. The molecule has 150 valence electrons. The lowest BCUT2D eigenvalue weighted by Gasteiger charge is -2.42. The third kappa shape index (κ3) is 4.32. The Kier molecular flexibility index (Phi) is 5.97. The number of rotatable bonds is 6. The van der Waals surface area contributed by atoms with Gasteiger partial charge in [0.25, 0.3) is 0 Å². The second-order valence-corrected chi connectivity index (χ2v) is 8.42. The van der Waals surface area contributed by atoms with Crippen molar-refractivity contribution < 1.29 is 9.53 Å². The van der Waals surface area contributed by atoms with Gasteiger partial charge < -0.3 is 15.0 Å². The number of carbonyl (C=O) groups excluding carboxylic acids is 1. The predicted molar refractivity (Wildman–Crippen MR) is 116 cm³/mol. The minimum Gasteiger partial charge on any atom is -0.462 e. The first-order valence-corrected chi connectivity index (χ1v) is 10.2. The normalized spacial score (nSPS) is 15.3. The fourth-order valence-electron chi connectivity index (χ4n) is 3.82. The molecule has 0 unspecified atom stereocenters. The average Bonchev–Trinajstić information content (AvgIpc) is 2.67. The first-order valence-electron chi connectivity index (χ1n) is 10.2. The smallest absolute Gasteiger partial charge is 0.338 e. The lowest BCUT2D eigenvalue weighted by Crippen LogP contribution is -2.41. The van der Waals surface area contributed by atoms with Crippen LogP contribution in [-0.4, -0.2) is 25.2 Å². The van der Waals surface area contributed by atoms with E-state index in [1.165, 1.54) is 23.2 Å². The van der Waals surface area contributed by atoms with Crippen molar-refractivity contribution in [3.8, 4) is 0 Å². The number of ether oxygens (including phenoxy) is 1. The Morgan fingerprint density at radius 1 is 1.18 bits per heavy atom. The highest BCUT2D eigenvalue weighted by molar-refractivity contribution is 5.89. The zero-order chi connectivity index (χ0) is 20.3. The van der Waals surface area contributed by atoms with Gasteiger partial charge in [0.05, 0.1) is 12.2 Å². The maximum Gasteiger partial charge on any atom is 0.338 e. The first kappa shape index (κ1) is 20.2. The van der Waals surface area contributed by atoms with E-state index in [1.54, 1.807) is 12.1 Å². The molecule has 2 aromatic rings. The van der Waals surface area contributed by atoms with Crippen LogP contribution in [0, 0.1) is 0 Å². The SMILES string of the molecule is CCOC(=O)c1ccc(NCc2ccc3c(c2)C(C)(C)CCN3C(C)C)cc1. The van der Waals surface area contributed by atoms with Crippen molar-refractivity contribution in [2.24, 2.45) is 0 Å². The molecule has 0 saturated carbocycles. The highest BCUT2D eigenvalue weighted by Gasteiger charge is 2.32. The summed E-state index contributed by atoms with van der Waals surface area (Å²) >= 11 is 0. The highest BCUT2D eigenvalue weighted by atomic mass is 16.5. The monoisotopic (exact) mass is 380 g/mol. The molecule has 1 aliphatic heterocycles. The molecule has 0 aliphatic carbocycles. The zero-order valence-electron chi connectivity index (χ0n) is 17.7. The molecule has 4 nitrogen and oxygen atoms in total. The largest absolute Gasteiger partial charge is 0.462 e. The molecule has 28 heavy (non-hydrogen) atoms. The average molecular weight is 381 g/mol. The van der Waals surface area contributed by atoms with Crippen molar-refractivity contribution in [2.75, 3.05) is 23.4 Å². The molecule has 2 aromatic carbocycles. The zero-order valence-corrected chi connectivity index (χ0v) is 17.7. The van der Waals surface area contributed by atoms with Gasteiger partial charge in [0.1, 0.15) is 0 Å². The molecule has 0 fully saturated rings. The Labute approximate surface area is 168 Å². The molecule has 1 aliphatic rings. The summed E-state index contributed by atoms with van der Waals surface area (Å²) in [5.41, 5.74) is 5.84. The third-order valence-electron chi connectivity index (χ3n) is 5.59. The molecule has 0 aromatic heterocycles. The molecule has 0 amide bonds. The summed E-state index contributed by atoms with van der Waals surface area (Å²) in [4.78, 5) is 14.3. The Bertz CT molecular complexity index is 825. The van der Waals surface area contributed by atoms with Gasteiger partial charge in [-0.15, -0.1) is 0 Å².